The lowest BCUT2D eigenvalue weighted by atomic mass is 9.95. The standard InChI is InChI=1S/C48H32N2.C42H27NO.C42H27NS/c1-3-14-33(15-4-1)36-30-31-42-40-19-8-12-25-46(40)50(47(42)32-36)44-23-10-7-18-38(44)34-26-28-35(29-27-34)39-21-13-22-43-41-20-9-11-24-45(41)49(48(39)43)37-16-5-2-6-17-37;1-2-10-28(11-3-1)31-22-24-35-34-13-5-8-16-39(34)43(40(35)26-31)38-15-7-4-12-33(38)30-20-18-29(19-21-30)32-23-25-37-36-14-6-9-17-41(36)44-42(37)27-32;1-2-12-28(13-3-1)29-24-25-35-34-17-5-8-21-38(34)43(39(35)27-29)37-20-7-4-16-32(37)30-14-10-15-31(26-30)33-19-11-23-41-42(33)36-18-6-9-22-40(36)44-41/h1-32H;2*1-27H. The van der Waals surface area contributed by atoms with Crippen molar-refractivity contribution in [1.82, 2.24) is 18.3 Å². The van der Waals surface area contributed by atoms with Crippen LogP contribution in [0.3, 0.4) is 0 Å². The molecule has 6 heterocycles. The molecule has 0 spiro atoms. The van der Waals surface area contributed by atoms with Gasteiger partial charge in [0.25, 0.3) is 0 Å². The van der Waals surface area contributed by atoms with E-state index in [9.17, 15) is 0 Å². The van der Waals surface area contributed by atoms with Crippen LogP contribution in [0.1, 0.15) is 0 Å². The summed E-state index contributed by atoms with van der Waals surface area (Å²) in [6.45, 7) is 0. The molecule has 138 heavy (non-hydrogen) atoms. The molecule has 0 N–H and O–H groups in total. The molecule has 0 saturated carbocycles. The van der Waals surface area contributed by atoms with Gasteiger partial charge in [-0.05, 0) is 187 Å². The molecule has 22 aromatic carbocycles. The third-order valence-corrected chi connectivity index (χ3v) is 28.9. The van der Waals surface area contributed by atoms with Gasteiger partial charge in [-0.3, -0.25) is 0 Å². The van der Waals surface area contributed by atoms with Gasteiger partial charge in [0.05, 0.1) is 61.2 Å². The SMILES string of the molecule is c1ccc(-c2ccc3c4ccccc4n(-c4ccccc4-c4ccc(-c5ccc6c(c5)oc5ccccc56)cc4)c3c2)cc1.c1ccc(-c2ccc3c4ccccc4n(-c4ccccc4-c4ccc(-c5cccc6c7ccccc7n(-c7ccccc7)c56)cc4)c3c2)cc1.c1ccc(-c2ccc3c4ccccc4n(-c4ccccc4-c4cccc(-c5cccc6sc7ccccc7c56)c4)c3c2)cc1. The Kier molecular flexibility index (Phi) is 20.1. The van der Waals surface area contributed by atoms with Gasteiger partial charge in [0.2, 0.25) is 0 Å². The normalized spacial score (nSPS) is 11.6. The Morgan fingerprint density at radius 1 is 0.152 bits per heavy atom. The van der Waals surface area contributed by atoms with Gasteiger partial charge in [0.15, 0.2) is 0 Å². The third kappa shape index (κ3) is 14.1. The van der Waals surface area contributed by atoms with Crippen molar-refractivity contribution < 1.29 is 4.42 Å². The molecule has 0 atom stereocenters. The highest BCUT2D eigenvalue weighted by molar-refractivity contribution is 7.26. The monoisotopic (exact) mass is 1770 g/mol. The molecule has 0 aliphatic rings. The Balaban J connectivity index is 0.000000107. The van der Waals surface area contributed by atoms with Crippen LogP contribution in [0.2, 0.25) is 0 Å². The molecule has 0 fully saturated rings. The van der Waals surface area contributed by atoms with Crippen LogP contribution in [0.4, 0.5) is 0 Å². The number of aromatic nitrogens is 4. The second kappa shape index (κ2) is 34.3. The lowest BCUT2D eigenvalue weighted by molar-refractivity contribution is 0.669. The molecule has 5 nitrogen and oxygen atoms in total. The molecule has 0 unspecified atom stereocenters. The van der Waals surface area contributed by atoms with Crippen molar-refractivity contribution in [3.8, 4) is 123 Å². The predicted octanol–water partition coefficient (Wildman–Crippen LogP) is 36.7. The summed E-state index contributed by atoms with van der Waals surface area (Å²) in [4.78, 5) is 0. The van der Waals surface area contributed by atoms with E-state index in [4.69, 9.17) is 4.42 Å². The van der Waals surface area contributed by atoms with Crippen LogP contribution in [0.25, 0.3) is 252 Å². The number of hydrogen-bond donors (Lipinski definition) is 0. The fourth-order valence-corrected chi connectivity index (χ4v) is 22.5. The van der Waals surface area contributed by atoms with Crippen LogP contribution in [-0.2, 0) is 0 Å². The number of rotatable bonds is 13. The van der Waals surface area contributed by atoms with E-state index >= 15 is 0 Å². The quantitative estimate of drug-likeness (QED) is 0.113. The van der Waals surface area contributed by atoms with Crippen LogP contribution in [0.5, 0.6) is 0 Å². The van der Waals surface area contributed by atoms with E-state index in [2.05, 4.69) is 528 Å². The molecule has 0 saturated heterocycles. The van der Waals surface area contributed by atoms with Crippen LogP contribution in [0, 0.1) is 0 Å². The number of benzene rings is 22. The summed E-state index contributed by atoms with van der Waals surface area (Å²) in [6, 6.07) is 189. The summed E-state index contributed by atoms with van der Waals surface area (Å²) in [5.41, 5.74) is 37.9. The summed E-state index contributed by atoms with van der Waals surface area (Å²) in [6.07, 6.45) is 0. The number of fused-ring (bicyclic) bond motifs is 18. The van der Waals surface area contributed by atoms with Crippen LogP contribution < -0.4 is 0 Å². The molecular weight excluding hydrogens is 1690 g/mol. The second-order valence-corrected chi connectivity index (χ2v) is 36.7. The fraction of sp³-hybridized carbons (Fsp3) is 0. The maximum absolute atomic E-state index is 6.17. The zero-order valence-corrected chi connectivity index (χ0v) is 76.1. The van der Waals surface area contributed by atoms with Gasteiger partial charge in [-0.15, -0.1) is 11.3 Å². The average molecular weight is 1780 g/mol. The number of nitrogens with zero attached hydrogens (tertiary/aromatic N) is 4. The highest BCUT2D eigenvalue weighted by Crippen LogP contribution is 2.48. The molecule has 0 aliphatic heterocycles. The Morgan fingerprint density at radius 2 is 0.449 bits per heavy atom. The lowest BCUT2D eigenvalue weighted by Crippen LogP contribution is -1.97. The second-order valence-electron chi connectivity index (χ2n) is 35.6. The number of para-hydroxylation sites is 10. The molecule has 6 heteroatoms. The molecule has 28 aromatic rings. The van der Waals surface area contributed by atoms with Crippen molar-refractivity contribution in [2.75, 3.05) is 0 Å². The predicted molar refractivity (Wildman–Crippen MR) is 586 cm³/mol. The van der Waals surface area contributed by atoms with Crippen molar-refractivity contribution in [1.29, 1.82) is 0 Å². The highest BCUT2D eigenvalue weighted by Gasteiger charge is 2.24. The first-order valence-corrected chi connectivity index (χ1v) is 48.1. The van der Waals surface area contributed by atoms with E-state index in [-0.39, 0.29) is 0 Å². The van der Waals surface area contributed by atoms with Crippen molar-refractivity contribution in [3.63, 3.8) is 0 Å². The summed E-state index contributed by atoms with van der Waals surface area (Å²) in [7, 11) is 0. The van der Waals surface area contributed by atoms with Crippen molar-refractivity contribution in [2.45, 2.75) is 0 Å². The molecule has 0 radical (unpaired) electrons. The maximum atomic E-state index is 6.17. The topological polar surface area (TPSA) is 32.9 Å². The minimum atomic E-state index is 0.916. The molecule has 0 aliphatic carbocycles. The van der Waals surface area contributed by atoms with Crippen LogP contribution >= 0.6 is 11.3 Å². The Bertz CT molecular complexity index is 9570. The first-order valence-electron chi connectivity index (χ1n) is 47.2. The van der Waals surface area contributed by atoms with E-state index in [1.807, 2.05) is 23.5 Å². The maximum Gasteiger partial charge on any atom is 0.136 e. The van der Waals surface area contributed by atoms with E-state index in [1.54, 1.807) is 0 Å². The van der Waals surface area contributed by atoms with Gasteiger partial charge in [-0.1, -0.05) is 413 Å². The summed E-state index contributed by atoms with van der Waals surface area (Å²) in [5.74, 6) is 0. The number of thiophene rings is 1. The molecule has 0 amide bonds. The van der Waals surface area contributed by atoms with Crippen molar-refractivity contribution in [3.05, 3.63) is 522 Å². The fourth-order valence-electron chi connectivity index (χ4n) is 21.4. The van der Waals surface area contributed by atoms with Gasteiger partial charge in [0, 0.05) is 102 Å². The van der Waals surface area contributed by atoms with Gasteiger partial charge in [-0.25, -0.2) is 0 Å². The summed E-state index contributed by atoms with van der Waals surface area (Å²) in [5, 5.41) is 15.1. The molecule has 28 rings (SSSR count). The molecule has 6 aromatic heterocycles. The Hall–Kier alpha value is -17.9. The van der Waals surface area contributed by atoms with E-state index < -0.39 is 0 Å². The summed E-state index contributed by atoms with van der Waals surface area (Å²) >= 11 is 1.87. The molecular formula is C132H86N4OS. The largest absolute Gasteiger partial charge is 0.456 e. The Morgan fingerprint density at radius 3 is 0.949 bits per heavy atom. The molecule has 646 valence electrons. The van der Waals surface area contributed by atoms with Crippen molar-refractivity contribution in [2.24, 2.45) is 0 Å². The van der Waals surface area contributed by atoms with Gasteiger partial charge in [0.1, 0.15) is 11.2 Å². The average Bonchev–Trinajstić information content (AvgIpc) is 1.59. The minimum absolute atomic E-state index is 0.916. The van der Waals surface area contributed by atoms with Crippen LogP contribution in [-0.4, -0.2) is 18.3 Å². The van der Waals surface area contributed by atoms with Gasteiger partial charge >= 0.3 is 0 Å². The smallest absolute Gasteiger partial charge is 0.136 e. The van der Waals surface area contributed by atoms with Crippen molar-refractivity contribution >= 4 is 141 Å². The van der Waals surface area contributed by atoms with E-state index in [0.29, 0.717) is 0 Å². The highest BCUT2D eigenvalue weighted by atomic mass is 32.1. The number of furan rings is 1. The zero-order valence-electron chi connectivity index (χ0n) is 75.3. The number of hydrogen-bond acceptors (Lipinski definition) is 2. The minimum Gasteiger partial charge on any atom is -0.456 e. The van der Waals surface area contributed by atoms with E-state index in [0.717, 1.165) is 33.1 Å². The first-order chi connectivity index (χ1) is 68.5. The lowest BCUT2D eigenvalue weighted by Gasteiger charge is -2.15. The summed E-state index contributed by atoms with van der Waals surface area (Å²) < 4.78 is 18.6. The van der Waals surface area contributed by atoms with Crippen LogP contribution in [0.15, 0.2) is 526 Å². The van der Waals surface area contributed by atoms with E-state index in [1.165, 1.54) is 219 Å². The van der Waals surface area contributed by atoms with Gasteiger partial charge < -0.3 is 22.7 Å². The van der Waals surface area contributed by atoms with Gasteiger partial charge in [-0.2, -0.15) is 0 Å². The third-order valence-electron chi connectivity index (χ3n) is 27.8. The zero-order chi connectivity index (χ0) is 91.1. The molecule has 0 bridgehead atoms. The first kappa shape index (κ1) is 80.9. The Labute approximate surface area is 802 Å².